The molecule has 0 spiro atoms. The predicted octanol–water partition coefficient (Wildman–Crippen LogP) is 2.95. The SMILES string of the molecule is Cc1cccc2c1nc(-c1ccc(S(C)(=O)=O)cc1)n2C. The summed E-state index contributed by atoms with van der Waals surface area (Å²) >= 11 is 0. The largest absolute Gasteiger partial charge is 0.327 e. The standard InChI is InChI=1S/C16H16N2O2S/c1-11-5-4-6-14-15(11)17-16(18(14)2)12-7-9-13(10-8-12)21(3,19)20/h4-10H,1-3H3. The molecule has 3 aromatic rings. The Balaban J connectivity index is 2.17. The molecule has 2 aromatic carbocycles. The zero-order valence-corrected chi connectivity index (χ0v) is 13.0. The highest BCUT2D eigenvalue weighted by Gasteiger charge is 2.12. The molecule has 5 heteroatoms. The van der Waals surface area contributed by atoms with E-state index in [0.717, 1.165) is 28.0 Å². The number of aryl methyl sites for hydroxylation is 2. The first-order chi connectivity index (χ1) is 9.88. The van der Waals surface area contributed by atoms with Crippen molar-refractivity contribution < 1.29 is 8.42 Å². The number of hydrogen-bond donors (Lipinski definition) is 0. The Morgan fingerprint density at radius 1 is 1.05 bits per heavy atom. The molecular formula is C16H16N2O2S. The van der Waals surface area contributed by atoms with Gasteiger partial charge in [-0.25, -0.2) is 13.4 Å². The van der Waals surface area contributed by atoms with Gasteiger partial charge in [0.2, 0.25) is 0 Å². The molecule has 1 aromatic heterocycles. The van der Waals surface area contributed by atoms with Crippen LogP contribution >= 0.6 is 0 Å². The van der Waals surface area contributed by atoms with Crippen molar-refractivity contribution in [2.24, 2.45) is 7.05 Å². The van der Waals surface area contributed by atoms with Gasteiger partial charge in [-0.15, -0.1) is 0 Å². The summed E-state index contributed by atoms with van der Waals surface area (Å²) in [5.41, 5.74) is 4.07. The van der Waals surface area contributed by atoms with Gasteiger partial charge in [-0.3, -0.25) is 0 Å². The molecule has 0 unspecified atom stereocenters. The molecule has 0 atom stereocenters. The van der Waals surface area contributed by atoms with E-state index >= 15 is 0 Å². The highest BCUT2D eigenvalue weighted by molar-refractivity contribution is 7.90. The summed E-state index contributed by atoms with van der Waals surface area (Å²) < 4.78 is 25.1. The summed E-state index contributed by atoms with van der Waals surface area (Å²) in [5, 5.41) is 0. The minimum Gasteiger partial charge on any atom is -0.327 e. The van der Waals surface area contributed by atoms with Gasteiger partial charge >= 0.3 is 0 Å². The first kappa shape index (κ1) is 13.8. The molecule has 0 saturated carbocycles. The van der Waals surface area contributed by atoms with Gasteiger partial charge in [0, 0.05) is 18.9 Å². The first-order valence-electron chi connectivity index (χ1n) is 6.60. The second kappa shape index (κ2) is 4.70. The maximum absolute atomic E-state index is 11.5. The van der Waals surface area contributed by atoms with Crippen molar-refractivity contribution in [3.63, 3.8) is 0 Å². The van der Waals surface area contributed by atoms with Crippen LogP contribution < -0.4 is 0 Å². The fourth-order valence-corrected chi connectivity index (χ4v) is 3.09. The van der Waals surface area contributed by atoms with Crippen LogP contribution in [-0.2, 0) is 16.9 Å². The summed E-state index contributed by atoms with van der Waals surface area (Å²) in [6.07, 6.45) is 1.21. The third-order valence-electron chi connectivity index (χ3n) is 3.65. The highest BCUT2D eigenvalue weighted by atomic mass is 32.2. The number of imidazole rings is 1. The average Bonchev–Trinajstić information content (AvgIpc) is 2.77. The van der Waals surface area contributed by atoms with Gasteiger partial charge in [0.25, 0.3) is 0 Å². The van der Waals surface area contributed by atoms with E-state index in [0.29, 0.717) is 4.90 Å². The lowest BCUT2D eigenvalue weighted by Gasteiger charge is -2.04. The molecule has 0 N–H and O–H groups in total. The highest BCUT2D eigenvalue weighted by Crippen LogP contribution is 2.26. The van der Waals surface area contributed by atoms with Gasteiger partial charge < -0.3 is 4.57 Å². The summed E-state index contributed by atoms with van der Waals surface area (Å²) in [6.45, 7) is 2.03. The second-order valence-corrected chi connectivity index (χ2v) is 7.25. The van der Waals surface area contributed by atoms with Gasteiger partial charge in [-0.1, -0.05) is 12.1 Å². The van der Waals surface area contributed by atoms with Gasteiger partial charge in [0.05, 0.1) is 15.9 Å². The number of rotatable bonds is 2. The molecule has 3 rings (SSSR count). The fraction of sp³-hybridized carbons (Fsp3) is 0.188. The molecule has 108 valence electrons. The van der Waals surface area contributed by atoms with Crippen LogP contribution in [0.4, 0.5) is 0 Å². The number of hydrogen-bond acceptors (Lipinski definition) is 3. The normalized spacial score (nSPS) is 12.0. The van der Waals surface area contributed by atoms with Crippen LogP contribution in [0.3, 0.4) is 0 Å². The van der Waals surface area contributed by atoms with Crippen LogP contribution in [-0.4, -0.2) is 24.2 Å². The van der Waals surface area contributed by atoms with Crippen molar-refractivity contribution in [1.82, 2.24) is 9.55 Å². The second-order valence-electron chi connectivity index (χ2n) is 5.23. The smallest absolute Gasteiger partial charge is 0.175 e. The third kappa shape index (κ3) is 2.34. The summed E-state index contributed by atoms with van der Waals surface area (Å²) in [4.78, 5) is 5.01. The van der Waals surface area contributed by atoms with Crippen LogP contribution in [0.25, 0.3) is 22.4 Å². The van der Waals surface area contributed by atoms with Crippen LogP contribution in [0, 0.1) is 6.92 Å². The molecule has 0 aliphatic carbocycles. The Morgan fingerprint density at radius 3 is 2.29 bits per heavy atom. The van der Waals surface area contributed by atoms with E-state index in [-0.39, 0.29) is 0 Å². The Hall–Kier alpha value is -2.14. The molecule has 0 fully saturated rings. The lowest BCUT2D eigenvalue weighted by atomic mass is 10.2. The van der Waals surface area contributed by atoms with Gasteiger partial charge in [0.15, 0.2) is 9.84 Å². The quantitative estimate of drug-likeness (QED) is 0.731. The summed E-state index contributed by atoms with van der Waals surface area (Å²) in [5.74, 6) is 0.833. The van der Waals surface area contributed by atoms with E-state index in [4.69, 9.17) is 0 Å². The van der Waals surface area contributed by atoms with Crippen LogP contribution in [0.1, 0.15) is 5.56 Å². The van der Waals surface area contributed by atoms with Crippen molar-refractivity contribution in [3.05, 3.63) is 48.0 Å². The molecule has 0 radical (unpaired) electrons. The lowest BCUT2D eigenvalue weighted by Crippen LogP contribution is -1.97. The van der Waals surface area contributed by atoms with E-state index < -0.39 is 9.84 Å². The first-order valence-corrected chi connectivity index (χ1v) is 8.49. The minimum atomic E-state index is -3.17. The minimum absolute atomic E-state index is 0.321. The summed E-state index contributed by atoms with van der Waals surface area (Å²) in [6, 6.07) is 12.9. The van der Waals surface area contributed by atoms with Gasteiger partial charge in [-0.2, -0.15) is 0 Å². The maximum Gasteiger partial charge on any atom is 0.175 e. The monoisotopic (exact) mass is 300 g/mol. The molecule has 0 aliphatic heterocycles. The van der Waals surface area contributed by atoms with E-state index in [1.165, 1.54) is 6.26 Å². The van der Waals surface area contributed by atoms with Gasteiger partial charge in [-0.05, 0) is 42.8 Å². The zero-order valence-electron chi connectivity index (χ0n) is 12.2. The van der Waals surface area contributed by atoms with E-state index in [1.807, 2.05) is 36.7 Å². The number of aromatic nitrogens is 2. The van der Waals surface area contributed by atoms with Crippen molar-refractivity contribution >= 4 is 20.9 Å². The number of benzene rings is 2. The molecule has 21 heavy (non-hydrogen) atoms. The third-order valence-corrected chi connectivity index (χ3v) is 4.78. The van der Waals surface area contributed by atoms with Crippen molar-refractivity contribution in [2.45, 2.75) is 11.8 Å². The van der Waals surface area contributed by atoms with Crippen molar-refractivity contribution in [3.8, 4) is 11.4 Å². The molecule has 0 aliphatic rings. The van der Waals surface area contributed by atoms with E-state index in [1.54, 1.807) is 24.3 Å². The Morgan fingerprint density at radius 2 is 1.71 bits per heavy atom. The number of para-hydroxylation sites is 1. The molecule has 0 bridgehead atoms. The molecule has 4 nitrogen and oxygen atoms in total. The van der Waals surface area contributed by atoms with E-state index in [9.17, 15) is 8.42 Å². The lowest BCUT2D eigenvalue weighted by molar-refractivity contribution is 0.602. The van der Waals surface area contributed by atoms with Crippen LogP contribution in [0.5, 0.6) is 0 Å². The van der Waals surface area contributed by atoms with Crippen molar-refractivity contribution in [1.29, 1.82) is 0 Å². The van der Waals surface area contributed by atoms with E-state index in [2.05, 4.69) is 4.98 Å². The van der Waals surface area contributed by atoms with Gasteiger partial charge in [0.1, 0.15) is 5.82 Å². The Kier molecular flexibility index (Phi) is 3.10. The average molecular weight is 300 g/mol. The molecule has 0 amide bonds. The van der Waals surface area contributed by atoms with Crippen LogP contribution in [0.2, 0.25) is 0 Å². The zero-order chi connectivity index (χ0) is 15.2. The maximum atomic E-state index is 11.5. The number of nitrogens with zero attached hydrogens (tertiary/aromatic N) is 2. The molecule has 1 heterocycles. The molecular weight excluding hydrogens is 284 g/mol. The molecule has 0 saturated heterocycles. The Bertz CT molecular complexity index is 923. The fourth-order valence-electron chi connectivity index (χ4n) is 2.46. The number of fused-ring (bicyclic) bond motifs is 1. The summed E-state index contributed by atoms with van der Waals surface area (Å²) in [7, 11) is -1.20. The van der Waals surface area contributed by atoms with Crippen LogP contribution in [0.15, 0.2) is 47.4 Å². The predicted molar refractivity (Wildman–Crippen MR) is 84.0 cm³/mol. The topological polar surface area (TPSA) is 52.0 Å². The van der Waals surface area contributed by atoms with Crippen molar-refractivity contribution in [2.75, 3.05) is 6.26 Å². The Labute approximate surface area is 124 Å². The number of sulfone groups is 1.